The fourth-order valence-corrected chi connectivity index (χ4v) is 3.43. The molecule has 0 aromatic heterocycles. The summed E-state index contributed by atoms with van der Waals surface area (Å²) in [5.41, 5.74) is 2.77. The van der Waals surface area contributed by atoms with E-state index in [1.807, 2.05) is 0 Å². The van der Waals surface area contributed by atoms with Crippen molar-refractivity contribution in [2.24, 2.45) is 16.0 Å². The molecule has 1 saturated carbocycles. The minimum atomic E-state index is -0.0395. The van der Waals surface area contributed by atoms with Gasteiger partial charge in [0.2, 0.25) is 0 Å². The predicted octanol–water partition coefficient (Wildman–Crippen LogP) is 3.75. The third-order valence-corrected chi connectivity index (χ3v) is 4.36. The van der Waals surface area contributed by atoms with Gasteiger partial charge in [-0.1, -0.05) is 37.6 Å². The van der Waals surface area contributed by atoms with Gasteiger partial charge in [-0.15, -0.1) is 0 Å². The first-order valence-corrected chi connectivity index (χ1v) is 5.93. The molecule has 0 aromatic rings. The van der Waals surface area contributed by atoms with Crippen LogP contribution in [0.1, 0.15) is 52.9 Å². The lowest BCUT2D eigenvalue weighted by Crippen LogP contribution is -2.42. The number of rotatable bonds is 0. The number of allylic oxidation sites excluding steroid dienone is 2. The molecule has 0 bridgehead atoms. The van der Waals surface area contributed by atoms with E-state index in [4.69, 9.17) is 5.21 Å². The Morgan fingerprint density at radius 3 is 2.67 bits per heavy atom. The Balaban J connectivity index is 2.44. The van der Waals surface area contributed by atoms with Crippen LogP contribution >= 0.6 is 0 Å². The maximum absolute atomic E-state index is 9.06. The lowest BCUT2D eigenvalue weighted by molar-refractivity contribution is 0.239. The zero-order valence-electron chi connectivity index (χ0n) is 10.0. The van der Waals surface area contributed by atoms with Crippen molar-refractivity contribution >= 4 is 5.71 Å². The standard InChI is InChI=1S/C13H21NO/c1-12(2)10-6-4-5-8-13(10,3)9-7-11(12)14-15/h6,15H,4-5,7-9H2,1-3H3/b14-11-/t13-/m0/s1. The molecule has 2 rings (SSSR count). The first-order valence-electron chi connectivity index (χ1n) is 5.93. The van der Waals surface area contributed by atoms with Crippen molar-refractivity contribution in [2.45, 2.75) is 52.9 Å². The van der Waals surface area contributed by atoms with Crippen LogP contribution in [0, 0.1) is 10.8 Å². The minimum Gasteiger partial charge on any atom is -0.411 e. The molecule has 84 valence electrons. The fourth-order valence-electron chi connectivity index (χ4n) is 3.43. The van der Waals surface area contributed by atoms with Crippen molar-refractivity contribution in [2.75, 3.05) is 0 Å². The lowest BCUT2D eigenvalue weighted by atomic mass is 9.56. The third kappa shape index (κ3) is 1.51. The molecule has 0 heterocycles. The molecule has 0 amide bonds. The van der Waals surface area contributed by atoms with E-state index in [-0.39, 0.29) is 5.41 Å². The smallest absolute Gasteiger partial charge is 0.0667 e. The van der Waals surface area contributed by atoms with Crippen molar-refractivity contribution in [3.05, 3.63) is 11.6 Å². The van der Waals surface area contributed by atoms with Gasteiger partial charge in [-0.2, -0.15) is 0 Å². The monoisotopic (exact) mass is 207 g/mol. The maximum atomic E-state index is 9.06. The zero-order chi connectivity index (χ0) is 11.1. The van der Waals surface area contributed by atoms with Crippen molar-refractivity contribution in [1.82, 2.24) is 0 Å². The van der Waals surface area contributed by atoms with Crippen LogP contribution in [0.5, 0.6) is 0 Å². The fraction of sp³-hybridized carbons (Fsp3) is 0.769. The van der Waals surface area contributed by atoms with Crippen LogP contribution in [0.2, 0.25) is 0 Å². The molecule has 1 atom stereocenters. The second-order valence-corrected chi connectivity index (χ2v) is 5.74. The van der Waals surface area contributed by atoms with Gasteiger partial charge >= 0.3 is 0 Å². The molecule has 2 heteroatoms. The lowest BCUT2D eigenvalue weighted by Gasteiger charge is -2.48. The summed E-state index contributed by atoms with van der Waals surface area (Å²) in [7, 11) is 0. The molecule has 2 aliphatic rings. The number of fused-ring (bicyclic) bond motifs is 1. The quantitative estimate of drug-likeness (QED) is 0.366. The highest BCUT2D eigenvalue weighted by Gasteiger charge is 2.45. The molecule has 1 N–H and O–H groups in total. The second kappa shape index (κ2) is 3.36. The number of hydrogen-bond acceptors (Lipinski definition) is 2. The van der Waals surface area contributed by atoms with E-state index in [2.05, 4.69) is 32.0 Å². The average Bonchev–Trinajstić information content (AvgIpc) is 2.17. The van der Waals surface area contributed by atoms with Gasteiger partial charge in [0.05, 0.1) is 5.71 Å². The molecule has 0 aliphatic heterocycles. The second-order valence-electron chi connectivity index (χ2n) is 5.74. The minimum absolute atomic E-state index is 0.0395. The molecule has 0 unspecified atom stereocenters. The highest BCUT2D eigenvalue weighted by Crippen LogP contribution is 2.53. The van der Waals surface area contributed by atoms with E-state index in [0.29, 0.717) is 5.41 Å². The van der Waals surface area contributed by atoms with Crippen molar-refractivity contribution < 1.29 is 5.21 Å². The third-order valence-electron chi connectivity index (χ3n) is 4.36. The molecule has 2 aliphatic carbocycles. The first-order chi connectivity index (χ1) is 7.00. The summed E-state index contributed by atoms with van der Waals surface area (Å²) in [6, 6.07) is 0. The zero-order valence-corrected chi connectivity index (χ0v) is 10.0. The van der Waals surface area contributed by atoms with Crippen LogP contribution in [-0.4, -0.2) is 10.9 Å². The summed E-state index contributed by atoms with van der Waals surface area (Å²) in [5.74, 6) is 0. The highest BCUT2D eigenvalue weighted by atomic mass is 16.4. The van der Waals surface area contributed by atoms with Crippen molar-refractivity contribution in [3.8, 4) is 0 Å². The predicted molar refractivity (Wildman–Crippen MR) is 62.3 cm³/mol. The molecular formula is C13H21NO. The van der Waals surface area contributed by atoms with E-state index in [1.165, 1.54) is 24.8 Å². The van der Waals surface area contributed by atoms with Gasteiger partial charge in [0.15, 0.2) is 0 Å². The highest BCUT2D eigenvalue weighted by molar-refractivity contribution is 5.93. The maximum Gasteiger partial charge on any atom is 0.0667 e. The molecule has 0 spiro atoms. The molecule has 0 aromatic carbocycles. The number of hydrogen-bond donors (Lipinski definition) is 1. The topological polar surface area (TPSA) is 32.6 Å². The van der Waals surface area contributed by atoms with Gasteiger partial charge in [-0.05, 0) is 37.5 Å². The first kappa shape index (κ1) is 10.7. The van der Waals surface area contributed by atoms with Crippen molar-refractivity contribution in [1.29, 1.82) is 0 Å². The Labute approximate surface area is 92.1 Å². The van der Waals surface area contributed by atoms with Crippen LogP contribution < -0.4 is 0 Å². The molecular weight excluding hydrogens is 186 g/mol. The van der Waals surface area contributed by atoms with Crippen LogP contribution in [0.4, 0.5) is 0 Å². The average molecular weight is 207 g/mol. The van der Waals surface area contributed by atoms with E-state index < -0.39 is 0 Å². The summed E-state index contributed by atoms with van der Waals surface area (Å²) in [5, 5.41) is 12.6. The van der Waals surface area contributed by atoms with Crippen LogP contribution in [-0.2, 0) is 0 Å². The molecule has 2 nitrogen and oxygen atoms in total. The van der Waals surface area contributed by atoms with Crippen molar-refractivity contribution in [3.63, 3.8) is 0 Å². The Hall–Kier alpha value is -0.790. The Morgan fingerprint density at radius 1 is 1.27 bits per heavy atom. The molecule has 0 radical (unpaired) electrons. The summed E-state index contributed by atoms with van der Waals surface area (Å²) >= 11 is 0. The summed E-state index contributed by atoms with van der Waals surface area (Å²) in [6.45, 7) is 6.75. The van der Waals surface area contributed by atoms with E-state index in [1.54, 1.807) is 0 Å². The van der Waals surface area contributed by atoms with E-state index in [9.17, 15) is 0 Å². The van der Waals surface area contributed by atoms with Crippen LogP contribution in [0.15, 0.2) is 16.8 Å². The van der Waals surface area contributed by atoms with Crippen LogP contribution in [0.3, 0.4) is 0 Å². The Kier molecular flexibility index (Phi) is 2.40. The number of nitrogens with zero attached hydrogens (tertiary/aromatic N) is 1. The Bertz CT molecular complexity index is 327. The van der Waals surface area contributed by atoms with Gasteiger partial charge in [0, 0.05) is 5.41 Å². The molecule has 15 heavy (non-hydrogen) atoms. The van der Waals surface area contributed by atoms with Crippen LogP contribution in [0.25, 0.3) is 0 Å². The summed E-state index contributed by atoms with van der Waals surface area (Å²) < 4.78 is 0. The summed E-state index contributed by atoms with van der Waals surface area (Å²) in [6.07, 6.45) is 8.25. The molecule has 0 saturated heterocycles. The van der Waals surface area contributed by atoms with Gasteiger partial charge in [-0.3, -0.25) is 0 Å². The van der Waals surface area contributed by atoms with E-state index >= 15 is 0 Å². The van der Waals surface area contributed by atoms with Gasteiger partial charge < -0.3 is 5.21 Å². The van der Waals surface area contributed by atoms with Gasteiger partial charge in [0.1, 0.15) is 0 Å². The number of oxime groups is 1. The van der Waals surface area contributed by atoms with Gasteiger partial charge in [-0.25, -0.2) is 0 Å². The Morgan fingerprint density at radius 2 is 2.00 bits per heavy atom. The SMILES string of the molecule is CC1(C)C2=CCCC[C@@]2(C)CC/C1=N/O. The normalized spacial score (nSPS) is 37.3. The largest absolute Gasteiger partial charge is 0.411 e. The molecule has 1 fully saturated rings. The van der Waals surface area contributed by atoms with Gasteiger partial charge in [0.25, 0.3) is 0 Å². The summed E-state index contributed by atoms with van der Waals surface area (Å²) in [4.78, 5) is 0. The van der Waals surface area contributed by atoms with E-state index in [0.717, 1.165) is 18.6 Å².